The summed E-state index contributed by atoms with van der Waals surface area (Å²) in [5, 5.41) is 0. The molecule has 1 aromatic rings. The second-order valence-corrected chi connectivity index (χ2v) is 5.70. The third kappa shape index (κ3) is 4.49. The molecule has 1 aromatic carbocycles. The van der Waals surface area contributed by atoms with Crippen LogP contribution in [0.25, 0.3) is 0 Å². The predicted octanol–water partition coefficient (Wildman–Crippen LogP) is 2.08. The molecule has 100 valence electrons. The summed E-state index contributed by atoms with van der Waals surface area (Å²) in [7, 11) is 1.93. The molecule has 3 nitrogen and oxygen atoms in total. The van der Waals surface area contributed by atoms with Gasteiger partial charge in [0.15, 0.2) is 0 Å². The average molecular weight is 248 g/mol. The molecule has 0 radical (unpaired) electrons. The monoisotopic (exact) mass is 248 g/mol. The highest BCUT2D eigenvalue weighted by Crippen LogP contribution is 2.27. The van der Waals surface area contributed by atoms with Crippen LogP contribution in [0.1, 0.15) is 31.4 Å². The van der Waals surface area contributed by atoms with Gasteiger partial charge in [0.05, 0.1) is 6.54 Å². The van der Waals surface area contributed by atoms with Crippen LogP contribution in [0.15, 0.2) is 24.3 Å². The molecule has 1 rings (SSSR count). The number of hydrogen-bond acceptors (Lipinski definition) is 2. The summed E-state index contributed by atoms with van der Waals surface area (Å²) in [4.78, 5) is 12.8. The number of amides is 1. The second-order valence-electron chi connectivity index (χ2n) is 5.70. The standard InChI is InChI=1S/C15H24N2O/c1-12-5-7-13(8-6-12)15(2,3)9-10-17(4)11-14(16)18/h5-8H,9-11H2,1-4H3,(H2,16,18). The minimum absolute atomic E-state index is 0.111. The Balaban J connectivity index is 2.59. The van der Waals surface area contributed by atoms with Crippen molar-refractivity contribution >= 4 is 5.91 Å². The van der Waals surface area contributed by atoms with Crippen molar-refractivity contribution in [3.63, 3.8) is 0 Å². The maximum absolute atomic E-state index is 10.8. The third-order valence-corrected chi connectivity index (χ3v) is 3.38. The normalized spacial score (nSPS) is 11.8. The van der Waals surface area contributed by atoms with Crippen molar-refractivity contribution in [2.75, 3.05) is 20.1 Å². The molecule has 0 spiro atoms. The van der Waals surface area contributed by atoms with Gasteiger partial charge in [-0.2, -0.15) is 0 Å². The predicted molar refractivity (Wildman–Crippen MR) is 75.5 cm³/mol. The lowest BCUT2D eigenvalue weighted by Gasteiger charge is -2.28. The fraction of sp³-hybridized carbons (Fsp3) is 0.533. The van der Waals surface area contributed by atoms with Gasteiger partial charge in [0.25, 0.3) is 0 Å². The van der Waals surface area contributed by atoms with Gasteiger partial charge < -0.3 is 5.73 Å². The summed E-state index contributed by atoms with van der Waals surface area (Å²) in [5.41, 5.74) is 7.90. The van der Waals surface area contributed by atoms with E-state index in [2.05, 4.69) is 45.0 Å². The maximum atomic E-state index is 10.8. The molecule has 0 unspecified atom stereocenters. The number of nitrogens with zero attached hydrogens (tertiary/aromatic N) is 1. The number of carbonyl (C=O) groups is 1. The van der Waals surface area contributed by atoms with E-state index >= 15 is 0 Å². The zero-order chi connectivity index (χ0) is 13.8. The summed E-state index contributed by atoms with van der Waals surface area (Å²) >= 11 is 0. The molecule has 0 aliphatic heterocycles. The summed E-state index contributed by atoms with van der Waals surface area (Å²) in [6.45, 7) is 7.75. The van der Waals surface area contributed by atoms with E-state index in [-0.39, 0.29) is 11.3 Å². The first kappa shape index (κ1) is 14.7. The molecule has 3 heteroatoms. The first-order chi connectivity index (χ1) is 8.31. The van der Waals surface area contributed by atoms with Gasteiger partial charge in [-0.15, -0.1) is 0 Å². The Morgan fingerprint density at radius 1 is 1.28 bits per heavy atom. The summed E-state index contributed by atoms with van der Waals surface area (Å²) < 4.78 is 0. The quantitative estimate of drug-likeness (QED) is 0.838. The fourth-order valence-electron chi connectivity index (χ4n) is 1.96. The number of nitrogens with two attached hydrogens (primary N) is 1. The summed E-state index contributed by atoms with van der Waals surface area (Å²) in [5.74, 6) is -0.273. The third-order valence-electron chi connectivity index (χ3n) is 3.38. The second kappa shape index (κ2) is 6.01. The van der Waals surface area contributed by atoms with Gasteiger partial charge in [-0.1, -0.05) is 43.7 Å². The van der Waals surface area contributed by atoms with Crippen molar-refractivity contribution in [1.82, 2.24) is 4.90 Å². The van der Waals surface area contributed by atoms with Gasteiger partial charge in [-0.25, -0.2) is 0 Å². The van der Waals surface area contributed by atoms with E-state index in [0.717, 1.165) is 13.0 Å². The highest BCUT2D eigenvalue weighted by Gasteiger charge is 2.20. The van der Waals surface area contributed by atoms with Crippen molar-refractivity contribution in [3.05, 3.63) is 35.4 Å². The number of likely N-dealkylation sites (N-methyl/N-ethyl adjacent to an activating group) is 1. The van der Waals surface area contributed by atoms with Gasteiger partial charge in [0.2, 0.25) is 5.91 Å². The van der Waals surface area contributed by atoms with Gasteiger partial charge >= 0.3 is 0 Å². The number of aryl methyl sites for hydroxylation is 1. The van der Waals surface area contributed by atoms with E-state index in [1.54, 1.807) is 0 Å². The first-order valence-electron chi connectivity index (χ1n) is 6.35. The van der Waals surface area contributed by atoms with E-state index in [1.807, 2.05) is 11.9 Å². The van der Waals surface area contributed by atoms with Gasteiger partial charge in [0, 0.05) is 0 Å². The molecule has 0 bridgehead atoms. The molecule has 18 heavy (non-hydrogen) atoms. The van der Waals surface area contributed by atoms with Gasteiger partial charge in [-0.3, -0.25) is 9.69 Å². The average Bonchev–Trinajstić information content (AvgIpc) is 2.26. The first-order valence-corrected chi connectivity index (χ1v) is 6.35. The van der Waals surface area contributed by atoms with Crippen LogP contribution in [0, 0.1) is 6.92 Å². The Morgan fingerprint density at radius 3 is 2.33 bits per heavy atom. The smallest absolute Gasteiger partial charge is 0.231 e. The van der Waals surface area contributed by atoms with E-state index in [0.29, 0.717) is 6.54 Å². The lowest BCUT2D eigenvalue weighted by Crippen LogP contribution is -2.34. The molecule has 0 aliphatic rings. The van der Waals surface area contributed by atoms with Crippen LogP contribution in [0.3, 0.4) is 0 Å². The lowest BCUT2D eigenvalue weighted by molar-refractivity contribution is -0.118. The summed E-state index contributed by atoms with van der Waals surface area (Å²) in [6.07, 6.45) is 1.000. The van der Waals surface area contributed by atoms with Crippen molar-refractivity contribution in [3.8, 4) is 0 Å². The minimum atomic E-state index is -0.273. The molecule has 1 amide bonds. The highest BCUT2D eigenvalue weighted by atomic mass is 16.1. The van der Waals surface area contributed by atoms with Crippen molar-refractivity contribution in [1.29, 1.82) is 0 Å². The van der Waals surface area contributed by atoms with E-state index in [1.165, 1.54) is 11.1 Å². The Bertz CT molecular complexity index is 395. The zero-order valence-corrected chi connectivity index (χ0v) is 11.9. The van der Waals surface area contributed by atoms with Crippen LogP contribution in [0.2, 0.25) is 0 Å². The van der Waals surface area contributed by atoms with Crippen LogP contribution in [-0.2, 0) is 10.2 Å². The molecular formula is C15H24N2O. The Kier molecular flexibility index (Phi) is 4.91. The number of hydrogen-bond donors (Lipinski definition) is 1. The number of primary amides is 1. The lowest BCUT2D eigenvalue weighted by atomic mass is 9.81. The summed E-state index contributed by atoms with van der Waals surface area (Å²) in [6, 6.07) is 8.65. The van der Waals surface area contributed by atoms with Crippen LogP contribution in [0.4, 0.5) is 0 Å². The molecule has 0 aliphatic carbocycles. The topological polar surface area (TPSA) is 46.3 Å². The number of benzene rings is 1. The van der Waals surface area contributed by atoms with Crippen LogP contribution in [0.5, 0.6) is 0 Å². The molecule has 0 fully saturated rings. The number of rotatable bonds is 6. The molecule has 0 saturated heterocycles. The van der Waals surface area contributed by atoms with Gasteiger partial charge in [-0.05, 0) is 37.9 Å². The highest BCUT2D eigenvalue weighted by molar-refractivity contribution is 5.75. The molecular weight excluding hydrogens is 224 g/mol. The largest absolute Gasteiger partial charge is 0.369 e. The molecule has 2 N–H and O–H groups in total. The fourth-order valence-corrected chi connectivity index (χ4v) is 1.96. The van der Waals surface area contributed by atoms with Crippen molar-refractivity contribution in [2.24, 2.45) is 5.73 Å². The van der Waals surface area contributed by atoms with Crippen LogP contribution in [-0.4, -0.2) is 30.9 Å². The molecule has 0 atom stereocenters. The maximum Gasteiger partial charge on any atom is 0.231 e. The van der Waals surface area contributed by atoms with E-state index < -0.39 is 0 Å². The SMILES string of the molecule is Cc1ccc(C(C)(C)CCN(C)CC(N)=O)cc1. The Hall–Kier alpha value is -1.35. The number of carbonyl (C=O) groups excluding carboxylic acids is 1. The van der Waals surface area contributed by atoms with Crippen LogP contribution < -0.4 is 5.73 Å². The minimum Gasteiger partial charge on any atom is -0.369 e. The Labute approximate surface area is 110 Å². The van der Waals surface area contributed by atoms with E-state index in [4.69, 9.17) is 5.73 Å². The van der Waals surface area contributed by atoms with Gasteiger partial charge in [0.1, 0.15) is 0 Å². The zero-order valence-electron chi connectivity index (χ0n) is 11.9. The molecule has 0 saturated carbocycles. The van der Waals surface area contributed by atoms with E-state index in [9.17, 15) is 4.79 Å². The van der Waals surface area contributed by atoms with Crippen molar-refractivity contribution < 1.29 is 4.79 Å². The van der Waals surface area contributed by atoms with Crippen molar-refractivity contribution in [2.45, 2.75) is 32.6 Å². The molecule has 0 heterocycles. The molecule has 0 aromatic heterocycles. The van der Waals surface area contributed by atoms with Crippen LogP contribution >= 0.6 is 0 Å². The Morgan fingerprint density at radius 2 is 1.83 bits per heavy atom.